The highest BCUT2D eigenvalue weighted by molar-refractivity contribution is 5.87. The molecule has 0 radical (unpaired) electrons. The van der Waals surface area contributed by atoms with Crippen LogP contribution in [0, 0.1) is 32.1 Å². The Morgan fingerprint density at radius 2 is 1.81 bits per heavy atom. The van der Waals surface area contributed by atoms with Crippen LogP contribution in [0.5, 0.6) is 0 Å². The van der Waals surface area contributed by atoms with Gasteiger partial charge in [0.05, 0.1) is 21.3 Å². The van der Waals surface area contributed by atoms with E-state index in [1.807, 2.05) is 4.90 Å². The maximum absolute atomic E-state index is 12.4. The molecule has 2 fully saturated rings. The summed E-state index contributed by atoms with van der Waals surface area (Å²) in [6.45, 7) is 1.37. The number of anilines is 1. The number of benzene rings is 1. The van der Waals surface area contributed by atoms with Gasteiger partial charge in [-0.2, -0.15) is 4.98 Å². The van der Waals surface area contributed by atoms with Gasteiger partial charge in [-0.25, -0.2) is 0 Å². The Labute approximate surface area is 153 Å². The van der Waals surface area contributed by atoms with Crippen molar-refractivity contribution in [1.29, 1.82) is 0 Å². The first-order valence-corrected chi connectivity index (χ1v) is 8.96. The van der Waals surface area contributed by atoms with Crippen LogP contribution in [-0.2, 0) is 0 Å². The Hall–Kier alpha value is -3.04. The summed E-state index contributed by atoms with van der Waals surface area (Å²) in [6.07, 6.45) is 5.72. The van der Waals surface area contributed by atoms with Crippen LogP contribution < -0.4 is 10.5 Å². The van der Waals surface area contributed by atoms with Crippen molar-refractivity contribution in [3.05, 3.63) is 42.7 Å². The van der Waals surface area contributed by atoms with Gasteiger partial charge in [-0.15, -0.1) is 0 Å². The zero-order valence-electron chi connectivity index (χ0n) is 14.5. The Morgan fingerprint density at radius 3 is 2.52 bits per heavy atom. The molecule has 1 aromatic heterocycles. The molecule has 142 valence electrons. The SMILES string of the molecule is O=c1nc(N2CC[C@H]3CCCC[C@@H]3C2)oc2c([N+](=O)[O-])cc([N+](=O)[O-])cc12. The molecule has 2 aromatic rings. The predicted molar refractivity (Wildman–Crippen MR) is 95.9 cm³/mol. The summed E-state index contributed by atoms with van der Waals surface area (Å²) in [5, 5.41) is 22.1. The highest BCUT2D eigenvalue weighted by Gasteiger charge is 2.33. The zero-order valence-corrected chi connectivity index (χ0v) is 14.5. The van der Waals surface area contributed by atoms with Gasteiger partial charge in [-0.3, -0.25) is 25.0 Å². The van der Waals surface area contributed by atoms with E-state index in [1.54, 1.807) is 0 Å². The first-order chi connectivity index (χ1) is 12.9. The Balaban J connectivity index is 1.78. The van der Waals surface area contributed by atoms with E-state index in [9.17, 15) is 25.0 Å². The summed E-state index contributed by atoms with van der Waals surface area (Å²) < 4.78 is 5.64. The van der Waals surface area contributed by atoms with Crippen molar-refractivity contribution in [2.45, 2.75) is 32.1 Å². The smallest absolute Gasteiger partial charge is 0.319 e. The quantitative estimate of drug-likeness (QED) is 0.591. The van der Waals surface area contributed by atoms with Crippen LogP contribution in [-0.4, -0.2) is 27.9 Å². The van der Waals surface area contributed by atoms with E-state index < -0.39 is 26.8 Å². The summed E-state index contributed by atoms with van der Waals surface area (Å²) in [5.74, 6) is 1.17. The van der Waals surface area contributed by atoms with E-state index in [0.717, 1.165) is 25.0 Å². The van der Waals surface area contributed by atoms with Gasteiger partial charge in [0.25, 0.3) is 11.2 Å². The maximum atomic E-state index is 12.4. The molecule has 1 aromatic carbocycles. The fourth-order valence-corrected chi connectivity index (χ4v) is 4.28. The number of nitrogens with zero attached hydrogens (tertiary/aromatic N) is 4. The van der Waals surface area contributed by atoms with E-state index in [-0.39, 0.29) is 17.0 Å². The molecule has 4 rings (SSSR count). The summed E-state index contributed by atoms with van der Waals surface area (Å²) in [5.41, 5.74) is -2.18. The molecule has 1 saturated carbocycles. The molecule has 0 unspecified atom stereocenters. The molecule has 2 heterocycles. The lowest BCUT2D eigenvalue weighted by atomic mass is 9.75. The zero-order chi connectivity index (χ0) is 19.1. The third kappa shape index (κ3) is 3.11. The molecule has 1 aliphatic carbocycles. The van der Waals surface area contributed by atoms with E-state index in [1.165, 1.54) is 19.3 Å². The number of hydrogen-bond donors (Lipinski definition) is 0. The molecule has 0 spiro atoms. The third-order valence-corrected chi connectivity index (χ3v) is 5.64. The molecular weight excluding hydrogens is 356 g/mol. The topological polar surface area (TPSA) is 133 Å². The number of aromatic nitrogens is 1. The number of rotatable bonds is 3. The van der Waals surface area contributed by atoms with Gasteiger partial charge in [-0.1, -0.05) is 19.3 Å². The normalized spacial score (nSPS) is 22.4. The number of hydrogen-bond acceptors (Lipinski definition) is 8. The van der Waals surface area contributed by atoms with Gasteiger partial charge in [0.2, 0.25) is 5.58 Å². The average Bonchev–Trinajstić information content (AvgIpc) is 2.66. The first-order valence-electron chi connectivity index (χ1n) is 8.96. The monoisotopic (exact) mass is 374 g/mol. The number of piperidine rings is 1. The fraction of sp³-hybridized carbons (Fsp3) is 0.529. The summed E-state index contributed by atoms with van der Waals surface area (Å²) in [7, 11) is 0. The molecular formula is C17H18N4O6. The van der Waals surface area contributed by atoms with Gasteiger partial charge >= 0.3 is 11.7 Å². The van der Waals surface area contributed by atoms with Crippen molar-refractivity contribution >= 4 is 28.4 Å². The number of nitro groups is 2. The minimum atomic E-state index is -0.784. The number of non-ortho nitro benzene ring substituents is 2. The second kappa shape index (κ2) is 6.60. The lowest BCUT2D eigenvalue weighted by molar-refractivity contribution is -0.393. The third-order valence-electron chi connectivity index (χ3n) is 5.64. The van der Waals surface area contributed by atoms with Crippen LogP contribution in [0.25, 0.3) is 11.0 Å². The number of fused-ring (bicyclic) bond motifs is 2. The van der Waals surface area contributed by atoms with Gasteiger partial charge in [0.15, 0.2) is 0 Å². The maximum Gasteiger partial charge on any atom is 0.319 e. The van der Waals surface area contributed by atoms with Crippen LogP contribution in [0.1, 0.15) is 32.1 Å². The molecule has 2 aliphatic rings. The van der Waals surface area contributed by atoms with Crippen LogP contribution >= 0.6 is 0 Å². The molecule has 10 nitrogen and oxygen atoms in total. The van der Waals surface area contributed by atoms with Crippen molar-refractivity contribution in [3.8, 4) is 0 Å². The minimum absolute atomic E-state index is 0.0495. The molecule has 10 heteroatoms. The molecule has 0 amide bonds. The van der Waals surface area contributed by atoms with E-state index in [4.69, 9.17) is 4.42 Å². The fourth-order valence-electron chi connectivity index (χ4n) is 4.28. The van der Waals surface area contributed by atoms with Crippen molar-refractivity contribution < 1.29 is 14.3 Å². The summed E-state index contributed by atoms with van der Waals surface area (Å²) in [6, 6.07) is 1.83. The van der Waals surface area contributed by atoms with Gasteiger partial charge in [0.1, 0.15) is 0 Å². The highest BCUT2D eigenvalue weighted by atomic mass is 16.6. The molecule has 1 saturated heterocycles. The van der Waals surface area contributed by atoms with Gasteiger partial charge in [0, 0.05) is 19.2 Å². The van der Waals surface area contributed by atoms with E-state index >= 15 is 0 Å². The molecule has 0 bridgehead atoms. The largest absolute Gasteiger partial charge is 0.417 e. The van der Waals surface area contributed by atoms with Crippen LogP contribution in [0.4, 0.5) is 17.4 Å². The van der Waals surface area contributed by atoms with Crippen molar-refractivity contribution in [3.63, 3.8) is 0 Å². The molecule has 1 aliphatic heterocycles. The highest BCUT2D eigenvalue weighted by Crippen LogP contribution is 2.38. The second-order valence-electron chi connectivity index (χ2n) is 7.20. The Bertz CT molecular complexity index is 987. The van der Waals surface area contributed by atoms with Crippen molar-refractivity contribution in [2.75, 3.05) is 18.0 Å². The van der Waals surface area contributed by atoms with Crippen LogP contribution in [0.15, 0.2) is 21.3 Å². The van der Waals surface area contributed by atoms with Gasteiger partial charge in [-0.05, 0) is 24.7 Å². The van der Waals surface area contributed by atoms with Gasteiger partial charge < -0.3 is 9.32 Å². The lowest BCUT2D eigenvalue weighted by Gasteiger charge is -2.40. The van der Waals surface area contributed by atoms with Crippen LogP contribution in [0.3, 0.4) is 0 Å². The Kier molecular flexibility index (Phi) is 4.25. The lowest BCUT2D eigenvalue weighted by Crippen LogP contribution is -2.42. The molecule has 2 atom stereocenters. The Morgan fingerprint density at radius 1 is 1.07 bits per heavy atom. The standard InChI is InChI=1S/C17H18N4O6/c22-16-13-7-12(20(23)24)8-14(21(25)26)15(13)27-17(18-16)19-6-5-10-3-1-2-4-11(10)9-19/h7-8,10-11H,1-6,9H2/t10-,11-/m1/s1. The van der Waals surface area contributed by atoms with E-state index in [0.29, 0.717) is 24.9 Å². The minimum Gasteiger partial charge on any atom is -0.417 e. The van der Waals surface area contributed by atoms with Crippen LogP contribution in [0.2, 0.25) is 0 Å². The average molecular weight is 374 g/mol. The first kappa shape index (κ1) is 17.4. The summed E-state index contributed by atoms with van der Waals surface area (Å²) in [4.78, 5) is 39.0. The molecule has 0 N–H and O–H groups in total. The van der Waals surface area contributed by atoms with Crippen molar-refractivity contribution in [1.82, 2.24) is 4.98 Å². The van der Waals surface area contributed by atoms with E-state index in [2.05, 4.69) is 4.98 Å². The van der Waals surface area contributed by atoms with Crippen molar-refractivity contribution in [2.24, 2.45) is 11.8 Å². The predicted octanol–water partition coefficient (Wildman–Crippen LogP) is 3.02. The summed E-state index contributed by atoms with van der Waals surface area (Å²) >= 11 is 0. The second-order valence-corrected chi connectivity index (χ2v) is 7.20. The molecule has 27 heavy (non-hydrogen) atoms. The number of nitro benzene ring substituents is 2.